The smallest absolute Gasteiger partial charge is 0.313 e. The molecule has 1 saturated carbocycles. The average Bonchev–Trinajstić information content (AvgIpc) is 2.61. The topological polar surface area (TPSA) is 46.6 Å². The van der Waals surface area contributed by atoms with Crippen LogP contribution in [-0.4, -0.2) is 35.5 Å². The van der Waals surface area contributed by atoms with Gasteiger partial charge < -0.3 is 9.64 Å². The highest BCUT2D eigenvalue weighted by Crippen LogP contribution is 2.65. The number of fused-ring (bicyclic) bond motifs is 2. The SMILES string of the molecule is CCN(CC)C(=O)C12CCC(C)(C(=O)O1)C2(C)C. The number of nitrogens with zero attached hydrogens (tertiary/aromatic N) is 1. The largest absolute Gasteiger partial charge is 0.448 e. The second-order valence-electron chi connectivity index (χ2n) is 6.15. The molecule has 2 rings (SSSR count). The predicted octanol–water partition coefficient (Wildman–Crippen LogP) is 1.98. The molecule has 0 spiro atoms. The molecule has 2 atom stereocenters. The number of amides is 1. The lowest BCUT2D eigenvalue weighted by atomic mass is 9.66. The van der Waals surface area contributed by atoms with Crippen molar-refractivity contribution in [3.8, 4) is 0 Å². The van der Waals surface area contributed by atoms with E-state index in [1.807, 2.05) is 34.6 Å². The highest BCUT2D eigenvalue weighted by atomic mass is 16.6. The van der Waals surface area contributed by atoms with Crippen molar-refractivity contribution in [2.45, 2.75) is 53.1 Å². The van der Waals surface area contributed by atoms with Gasteiger partial charge in [0.1, 0.15) is 0 Å². The van der Waals surface area contributed by atoms with Crippen molar-refractivity contribution in [3.63, 3.8) is 0 Å². The van der Waals surface area contributed by atoms with E-state index in [1.165, 1.54) is 0 Å². The van der Waals surface area contributed by atoms with Gasteiger partial charge in [0.15, 0.2) is 5.60 Å². The summed E-state index contributed by atoms with van der Waals surface area (Å²) in [5.74, 6) is -0.230. The molecule has 0 radical (unpaired) electrons. The molecule has 4 heteroatoms. The number of likely N-dealkylation sites (N-methyl/N-ethyl adjacent to an activating group) is 1. The third kappa shape index (κ3) is 1.21. The average molecular weight is 253 g/mol. The summed E-state index contributed by atoms with van der Waals surface area (Å²) in [6.45, 7) is 11.1. The molecule has 2 unspecified atom stereocenters. The highest BCUT2D eigenvalue weighted by Gasteiger charge is 2.76. The van der Waals surface area contributed by atoms with Crippen LogP contribution < -0.4 is 0 Å². The Hall–Kier alpha value is -1.06. The van der Waals surface area contributed by atoms with E-state index in [2.05, 4.69) is 0 Å². The van der Waals surface area contributed by atoms with Crippen LogP contribution in [-0.2, 0) is 14.3 Å². The second-order valence-corrected chi connectivity index (χ2v) is 6.15. The third-order valence-corrected chi connectivity index (χ3v) is 5.48. The summed E-state index contributed by atoms with van der Waals surface area (Å²) in [6.07, 6.45) is 1.39. The Bertz CT molecular complexity index is 400. The fraction of sp³-hybridized carbons (Fsp3) is 0.857. The van der Waals surface area contributed by atoms with Gasteiger partial charge in [-0.05, 0) is 33.6 Å². The maximum absolute atomic E-state index is 12.7. The molecule has 4 nitrogen and oxygen atoms in total. The molecule has 0 N–H and O–H groups in total. The van der Waals surface area contributed by atoms with Crippen molar-refractivity contribution in [1.82, 2.24) is 4.90 Å². The molecular weight excluding hydrogens is 230 g/mol. The Kier molecular flexibility index (Phi) is 2.76. The molecule has 102 valence electrons. The molecule has 1 heterocycles. The van der Waals surface area contributed by atoms with E-state index in [1.54, 1.807) is 4.90 Å². The van der Waals surface area contributed by atoms with Gasteiger partial charge in [0.05, 0.1) is 5.41 Å². The Morgan fingerprint density at radius 3 is 2.11 bits per heavy atom. The standard InChI is InChI=1S/C14H23NO3/c1-6-15(7-2)10(16)14-9-8-13(5,11(17)18-14)12(14,3)4/h6-9H2,1-5H3. The Balaban J connectivity index is 2.44. The first-order valence-electron chi connectivity index (χ1n) is 6.79. The number of hydrogen-bond acceptors (Lipinski definition) is 3. The maximum atomic E-state index is 12.7. The normalized spacial score (nSPS) is 36.6. The summed E-state index contributed by atoms with van der Waals surface area (Å²) < 4.78 is 5.58. The Morgan fingerprint density at radius 1 is 1.22 bits per heavy atom. The monoisotopic (exact) mass is 253 g/mol. The van der Waals surface area contributed by atoms with Crippen molar-refractivity contribution in [2.75, 3.05) is 13.1 Å². The van der Waals surface area contributed by atoms with Crippen LogP contribution >= 0.6 is 0 Å². The second kappa shape index (κ2) is 3.72. The summed E-state index contributed by atoms with van der Waals surface area (Å²) in [6, 6.07) is 0. The zero-order valence-corrected chi connectivity index (χ0v) is 12.0. The van der Waals surface area contributed by atoms with Gasteiger partial charge in [0.2, 0.25) is 0 Å². The summed E-state index contributed by atoms with van der Waals surface area (Å²) >= 11 is 0. The first-order chi connectivity index (χ1) is 8.27. The summed E-state index contributed by atoms with van der Waals surface area (Å²) in [5, 5.41) is 0. The molecule has 2 bridgehead atoms. The van der Waals surface area contributed by atoms with Crippen LogP contribution in [0.25, 0.3) is 0 Å². The van der Waals surface area contributed by atoms with Gasteiger partial charge in [-0.15, -0.1) is 0 Å². The van der Waals surface area contributed by atoms with E-state index in [0.29, 0.717) is 19.5 Å². The number of hydrogen-bond donors (Lipinski definition) is 0. The predicted molar refractivity (Wildman–Crippen MR) is 67.9 cm³/mol. The fourth-order valence-corrected chi connectivity index (χ4v) is 3.49. The van der Waals surface area contributed by atoms with Crippen LogP contribution in [0.2, 0.25) is 0 Å². The molecule has 0 aromatic carbocycles. The molecule has 2 fully saturated rings. The Labute approximate surface area is 109 Å². The van der Waals surface area contributed by atoms with Crippen molar-refractivity contribution in [1.29, 1.82) is 0 Å². The molecule has 0 aromatic heterocycles. The van der Waals surface area contributed by atoms with E-state index in [-0.39, 0.29) is 11.9 Å². The van der Waals surface area contributed by atoms with Crippen molar-refractivity contribution in [3.05, 3.63) is 0 Å². The lowest BCUT2D eigenvalue weighted by molar-refractivity contribution is -0.173. The molecule has 0 aromatic rings. The van der Waals surface area contributed by atoms with Gasteiger partial charge in [0, 0.05) is 18.5 Å². The lowest BCUT2D eigenvalue weighted by Gasteiger charge is -2.38. The number of carbonyl (C=O) groups is 2. The van der Waals surface area contributed by atoms with E-state index in [4.69, 9.17) is 4.74 Å². The number of rotatable bonds is 3. The van der Waals surface area contributed by atoms with E-state index >= 15 is 0 Å². The van der Waals surface area contributed by atoms with Crippen LogP contribution in [0.4, 0.5) is 0 Å². The maximum Gasteiger partial charge on any atom is 0.313 e. The van der Waals surface area contributed by atoms with E-state index in [9.17, 15) is 9.59 Å². The molecule has 1 amide bonds. The third-order valence-electron chi connectivity index (χ3n) is 5.48. The molecular formula is C14H23NO3. The van der Waals surface area contributed by atoms with Gasteiger partial charge in [-0.2, -0.15) is 0 Å². The minimum atomic E-state index is -0.940. The minimum Gasteiger partial charge on any atom is -0.448 e. The summed E-state index contributed by atoms with van der Waals surface area (Å²) in [4.78, 5) is 26.6. The molecule has 1 aliphatic heterocycles. The first kappa shape index (κ1) is 13.4. The van der Waals surface area contributed by atoms with Crippen LogP contribution in [0.3, 0.4) is 0 Å². The number of carbonyl (C=O) groups excluding carboxylic acids is 2. The fourth-order valence-electron chi connectivity index (χ4n) is 3.49. The first-order valence-corrected chi connectivity index (χ1v) is 6.79. The van der Waals surface area contributed by atoms with Crippen LogP contribution in [0, 0.1) is 10.8 Å². The van der Waals surface area contributed by atoms with Gasteiger partial charge in [-0.3, -0.25) is 9.59 Å². The van der Waals surface area contributed by atoms with Gasteiger partial charge in [0.25, 0.3) is 5.91 Å². The zero-order valence-electron chi connectivity index (χ0n) is 12.0. The van der Waals surface area contributed by atoms with Crippen molar-refractivity contribution < 1.29 is 14.3 Å². The van der Waals surface area contributed by atoms with Crippen LogP contribution in [0.15, 0.2) is 0 Å². The number of ether oxygens (including phenoxy) is 1. The molecule has 2 aliphatic rings. The highest BCUT2D eigenvalue weighted by molar-refractivity contribution is 5.96. The number of esters is 1. The van der Waals surface area contributed by atoms with Crippen LogP contribution in [0.5, 0.6) is 0 Å². The van der Waals surface area contributed by atoms with Gasteiger partial charge in [-0.25, -0.2) is 0 Å². The minimum absolute atomic E-state index is 0.0212. The van der Waals surface area contributed by atoms with Crippen molar-refractivity contribution in [2.24, 2.45) is 10.8 Å². The molecule has 18 heavy (non-hydrogen) atoms. The van der Waals surface area contributed by atoms with Crippen LogP contribution in [0.1, 0.15) is 47.5 Å². The summed E-state index contributed by atoms with van der Waals surface area (Å²) in [7, 11) is 0. The van der Waals surface area contributed by atoms with E-state index < -0.39 is 16.4 Å². The Morgan fingerprint density at radius 2 is 1.78 bits per heavy atom. The summed E-state index contributed by atoms with van der Waals surface area (Å²) in [5.41, 5.74) is -1.89. The van der Waals surface area contributed by atoms with E-state index in [0.717, 1.165) is 6.42 Å². The quantitative estimate of drug-likeness (QED) is 0.722. The molecule has 1 saturated heterocycles. The van der Waals surface area contributed by atoms with Gasteiger partial charge >= 0.3 is 5.97 Å². The zero-order chi connectivity index (χ0) is 13.8. The van der Waals surface area contributed by atoms with Crippen molar-refractivity contribution >= 4 is 11.9 Å². The van der Waals surface area contributed by atoms with Gasteiger partial charge in [-0.1, -0.05) is 13.8 Å². The molecule has 1 aliphatic carbocycles. The lowest BCUT2D eigenvalue weighted by Crippen LogP contribution is -2.54.